The van der Waals surface area contributed by atoms with Crippen LogP contribution in [0.4, 0.5) is 0 Å². The van der Waals surface area contributed by atoms with Crippen LogP contribution in [0.1, 0.15) is 41.4 Å². The molecule has 1 aromatic heterocycles. The van der Waals surface area contributed by atoms with Crippen LogP contribution in [0, 0.1) is 0 Å². The van der Waals surface area contributed by atoms with Crippen molar-refractivity contribution < 1.29 is 15.0 Å². The maximum atomic E-state index is 11.3. The number of fused-ring (bicyclic) bond motifs is 1. The Morgan fingerprint density at radius 2 is 2.22 bits per heavy atom. The van der Waals surface area contributed by atoms with Gasteiger partial charge in [-0.05, 0) is 37.3 Å². The van der Waals surface area contributed by atoms with Crippen molar-refractivity contribution in [2.24, 2.45) is 0 Å². The maximum Gasteiger partial charge on any atom is 0.338 e. The quantitative estimate of drug-likeness (QED) is 0.818. The monoisotopic (exact) mass is 267 g/mol. The lowest BCUT2D eigenvalue weighted by Crippen LogP contribution is -2.12. The Bertz CT molecular complexity index is 462. The number of hydrogen-bond acceptors (Lipinski definition) is 4. The average molecular weight is 267 g/mol. The molecule has 5 heteroatoms. The van der Waals surface area contributed by atoms with Crippen molar-refractivity contribution in [2.45, 2.75) is 42.9 Å². The van der Waals surface area contributed by atoms with Crippen LogP contribution in [0.5, 0.6) is 0 Å². The average Bonchev–Trinajstić information content (AvgIpc) is 2.37. The highest BCUT2D eigenvalue weighted by Crippen LogP contribution is 2.29. The molecule has 18 heavy (non-hydrogen) atoms. The molecule has 4 nitrogen and oxygen atoms in total. The van der Waals surface area contributed by atoms with Crippen LogP contribution >= 0.6 is 11.8 Å². The van der Waals surface area contributed by atoms with Crippen molar-refractivity contribution in [3.05, 3.63) is 22.9 Å². The number of aliphatic hydroxyl groups excluding tert-OH is 1. The predicted molar refractivity (Wildman–Crippen MR) is 70.2 cm³/mol. The highest BCUT2D eigenvalue weighted by Gasteiger charge is 2.20. The van der Waals surface area contributed by atoms with Crippen molar-refractivity contribution in [3.8, 4) is 0 Å². The van der Waals surface area contributed by atoms with Crippen molar-refractivity contribution in [1.82, 2.24) is 4.98 Å². The van der Waals surface area contributed by atoms with Gasteiger partial charge in [-0.15, -0.1) is 11.8 Å². The van der Waals surface area contributed by atoms with Crippen LogP contribution in [0.3, 0.4) is 0 Å². The smallest absolute Gasteiger partial charge is 0.338 e. The summed E-state index contributed by atoms with van der Waals surface area (Å²) in [6.07, 6.45) is 4.07. The number of aromatic carboxylic acids is 1. The Kier molecular flexibility index (Phi) is 4.24. The van der Waals surface area contributed by atoms with Crippen molar-refractivity contribution in [1.29, 1.82) is 0 Å². The Morgan fingerprint density at radius 1 is 1.50 bits per heavy atom. The molecule has 1 atom stereocenters. The van der Waals surface area contributed by atoms with Gasteiger partial charge in [0, 0.05) is 10.9 Å². The number of aryl methyl sites for hydroxylation is 2. The summed E-state index contributed by atoms with van der Waals surface area (Å²) in [5.74, 6) is -0.941. The fourth-order valence-electron chi connectivity index (χ4n) is 2.09. The minimum absolute atomic E-state index is 0.0164. The molecule has 0 spiro atoms. The minimum atomic E-state index is -0.941. The van der Waals surface area contributed by atoms with Crippen LogP contribution in [-0.2, 0) is 12.8 Å². The first-order valence-corrected chi connectivity index (χ1v) is 7.03. The van der Waals surface area contributed by atoms with Gasteiger partial charge in [0.25, 0.3) is 0 Å². The van der Waals surface area contributed by atoms with Gasteiger partial charge in [0.15, 0.2) is 0 Å². The fraction of sp³-hybridized carbons (Fsp3) is 0.538. The van der Waals surface area contributed by atoms with E-state index in [-0.39, 0.29) is 17.4 Å². The molecule has 1 aromatic rings. The number of aromatic nitrogens is 1. The molecular weight excluding hydrogens is 250 g/mol. The predicted octanol–water partition coefficient (Wildman–Crippen LogP) is 2.13. The second-order valence-corrected chi connectivity index (χ2v) is 6.00. The van der Waals surface area contributed by atoms with Gasteiger partial charge in [-0.3, -0.25) is 0 Å². The van der Waals surface area contributed by atoms with Gasteiger partial charge in [-0.2, -0.15) is 0 Å². The van der Waals surface area contributed by atoms with Gasteiger partial charge < -0.3 is 10.2 Å². The highest BCUT2D eigenvalue weighted by atomic mass is 32.2. The lowest BCUT2D eigenvalue weighted by molar-refractivity contribution is 0.0692. The largest absolute Gasteiger partial charge is 0.478 e. The lowest BCUT2D eigenvalue weighted by Gasteiger charge is -2.18. The summed E-state index contributed by atoms with van der Waals surface area (Å²) in [7, 11) is 0. The van der Waals surface area contributed by atoms with Gasteiger partial charge in [-0.1, -0.05) is 6.92 Å². The number of carboxylic acid groups (broad SMARTS) is 1. The van der Waals surface area contributed by atoms with Gasteiger partial charge in [-0.25, -0.2) is 9.78 Å². The zero-order chi connectivity index (χ0) is 13.1. The molecule has 0 bridgehead atoms. The number of thioether (sulfide) groups is 1. The molecule has 0 saturated carbocycles. The molecular formula is C13H17NO3S. The summed E-state index contributed by atoms with van der Waals surface area (Å²) in [4.78, 5) is 15.8. The standard InChI is InChI=1S/C13H17NO3S/c1-8(7-15)18-12-10(13(16)17)6-9-4-2-3-5-11(9)14-12/h6,8,15H,2-5,7H2,1H3,(H,16,17). The number of aliphatic hydroxyl groups is 1. The molecule has 1 aliphatic carbocycles. The number of pyridine rings is 1. The topological polar surface area (TPSA) is 70.4 Å². The first-order chi connectivity index (χ1) is 8.61. The van der Waals surface area contributed by atoms with E-state index in [2.05, 4.69) is 4.98 Å². The van der Waals surface area contributed by atoms with E-state index >= 15 is 0 Å². The molecule has 2 rings (SSSR count). The molecule has 0 amide bonds. The van der Waals surface area contributed by atoms with E-state index in [9.17, 15) is 9.90 Å². The van der Waals surface area contributed by atoms with E-state index < -0.39 is 5.97 Å². The zero-order valence-electron chi connectivity index (χ0n) is 10.3. The van der Waals surface area contributed by atoms with Crippen LogP contribution in [0.15, 0.2) is 11.1 Å². The fourth-order valence-corrected chi connectivity index (χ4v) is 2.98. The third kappa shape index (κ3) is 2.84. The van der Waals surface area contributed by atoms with E-state index in [0.717, 1.165) is 36.9 Å². The molecule has 0 fully saturated rings. The molecule has 1 heterocycles. The molecule has 2 N–H and O–H groups in total. The summed E-state index contributed by atoms with van der Waals surface area (Å²) >= 11 is 1.33. The maximum absolute atomic E-state index is 11.3. The number of nitrogens with zero attached hydrogens (tertiary/aromatic N) is 1. The molecule has 1 aliphatic rings. The van der Waals surface area contributed by atoms with E-state index in [1.54, 1.807) is 6.07 Å². The Labute approximate surface area is 110 Å². The Morgan fingerprint density at radius 3 is 2.89 bits per heavy atom. The third-order valence-electron chi connectivity index (χ3n) is 3.07. The van der Waals surface area contributed by atoms with Crippen molar-refractivity contribution >= 4 is 17.7 Å². The van der Waals surface area contributed by atoms with E-state index in [1.807, 2.05) is 6.92 Å². The first-order valence-electron chi connectivity index (χ1n) is 6.15. The van der Waals surface area contributed by atoms with Gasteiger partial charge in [0.2, 0.25) is 0 Å². The van der Waals surface area contributed by atoms with Crippen LogP contribution in [0.25, 0.3) is 0 Å². The van der Waals surface area contributed by atoms with Crippen LogP contribution < -0.4 is 0 Å². The number of hydrogen-bond donors (Lipinski definition) is 2. The van der Waals surface area contributed by atoms with E-state index in [4.69, 9.17) is 5.11 Å². The zero-order valence-corrected chi connectivity index (χ0v) is 11.2. The summed E-state index contributed by atoms with van der Waals surface area (Å²) in [5, 5.41) is 18.8. The lowest BCUT2D eigenvalue weighted by atomic mass is 9.95. The normalized spacial score (nSPS) is 16.1. The minimum Gasteiger partial charge on any atom is -0.478 e. The van der Waals surface area contributed by atoms with E-state index in [1.165, 1.54) is 11.8 Å². The third-order valence-corrected chi connectivity index (χ3v) is 4.15. The molecule has 0 aromatic carbocycles. The van der Waals surface area contributed by atoms with E-state index in [0.29, 0.717) is 5.03 Å². The second-order valence-electron chi connectivity index (χ2n) is 4.57. The molecule has 0 radical (unpaired) electrons. The Hall–Kier alpha value is -1.07. The molecule has 0 saturated heterocycles. The SMILES string of the molecule is CC(CO)Sc1nc2c(cc1C(=O)O)CCCC2. The summed E-state index contributed by atoms with van der Waals surface area (Å²) < 4.78 is 0. The molecule has 0 aliphatic heterocycles. The molecule has 98 valence electrons. The van der Waals surface area contributed by atoms with Gasteiger partial charge in [0.05, 0.1) is 12.2 Å². The van der Waals surface area contributed by atoms with Gasteiger partial charge in [0.1, 0.15) is 5.03 Å². The summed E-state index contributed by atoms with van der Waals surface area (Å²) in [6, 6.07) is 1.76. The number of carboxylic acids is 1. The highest BCUT2D eigenvalue weighted by molar-refractivity contribution is 7.99. The number of carbonyl (C=O) groups is 1. The molecule has 1 unspecified atom stereocenters. The van der Waals surface area contributed by atoms with Crippen LogP contribution in [0.2, 0.25) is 0 Å². The van der Waals surface area contributed by atoms with Crippen molar-refractivity contribution in [2.75, 3.05) is 6.61 Å². The first kappa shape index (κ1) is 13.4. The summed E-state index contributed by atoms with van der Waals surface area (Å²) in [5.41, 5.74) is 2.36. The summed E-state index contributed by atoms with van der Waals surface area (Å²) in [6.45, 7) is 1.87. The number of rotatable bonds is 4. The Balaban J connectivity index is 2.39. The second kappa shape index (κ2) is 5.71. The van der Waals surface area contributed by atoms with Crippen LogP contribution in [-0.4, -0.2) is 33.0 Å². The van der Waals surface area contributed by atoms with Crippen molar-refractivity contribution in [3.63, 3.8) is 0 Å². The van der Waals surface area contributed by atoms with Gasteiger partial charge >= 0.3 is 5.97 Å².